The molecule has 72 valence electrons. The van der Waals surface area contributed by atoms with Crippen molar-refractivity contribution in [2.24, 2.45) is 5.73 Å². The number of hydrogen-bond donors (Lipinski definition) is 2. The minimum Gasteiger partial charge on any atom is -0.475 e. The van der Waals surface area contributed by atoms with Crippen molar-refractivity contribution in [3.05, 3.63) is 35.4 Å². The summed E-state index contributed by atoms with van der Waals surface area (Å²) in [6.45, 7) is 0. The molecule has 1 amide bonds. The second-order valence-corrected chi connectivity index (χ2v) is 2.58. The van der Waals surface area contributed by atoms with Crippen molar-refractivity contribution in [3.8, 4) is 0 Å². The fourth-order valence-corrected chi connectivity index (χ4v) is 0.909. The number of ketones is 1. The summed E-state index contributed by atoms with van der Waals surface area (Å²) in [7, 11) is 0. The minimum atomic E-state index is -1.53. The Morgan fingerprint density at radius 2 is 1.43 bits per heavy atom. The van der Waals surface area contributed by atoms with E-state index >= 15 is 0 Å². The number of amides is 1. The first kappa shape index (κ1) is 9.91. The highest BCUT2D eigenvalue weighted by Crippen LogP contribution is 2.04. The standard InChI is InChI=1S/C9H7NO4/c10-8(12)6-3-1-5(2-4-6)7(11)9(13)14/h1-4H,(H2,10,12)(H,13,14). The molecule has 0 heterocycles. The lowest BCUT2D eigenvalue weighted by Crippen LogP contribution is -2.14. The second-order valence-electron chi connectivity index (χ2n) is 2.58. The van der Waals surface area contributed by atoms with Crippen LogP contribution in [0.4, 0.5) is 0 Å². The van der Waals surface area contributed by atoms with Crippen molar-refractivity contribution in [1.82, 2.24) is 0 Å². The van der Waals surface area contributed by atoms with Gasteiger partial charge in [0.2, 0.25) is 5.91 Å². The molecule has 5 heteroatoms. The Bertz CT molecular complexity index is 394. The second kappa shape index (κ2) is 3.69. The van der Waals surface area contributed by atoms with Gasteiger partial charge in [0.05, 0.1) is 0 Å². The monoisotopic (exact) mass is 193 g/mol. The highest BCUT2D eigenvalue weighted by Gasteiger charge is 2.14. The summed E-state index contributed by atoms with van der Waals surface area (Å²) in [5.41, 5.74) is 5.20. The van der Waals surface area contributed by atoms with Crippen LogP contribution in [0, 0.1) is 0 Å². The van der Waals surface area contributed by atoms with Gasteiger partial charge in [0.25, 0.3) is 5.78 Å². The Balaban J connectivity index is 3.00. The van der Waals surface area contributed by atoms with Crippen molar-refractivity contribution in [1.29, 1.82) is 0 Å². The minimum absolute atomic E-state index is 0.0162. The summed E-state index contributed by atoms with van der Waals surface area (Å²) >= 11 is 0. The van der Waals surface area contributed by atoms with Crippen molar-refractivity contribution in [2.75, 3.05) is 0 Å². The van der Waals surface area contributed by atoms with Gasteiger partial charge in [-0.2, -0.15) is 0 Å². The molecular weight excluding hydrogens is 186 g/mol. The third-order valence-electron chi connectivity index (χ3n) is 1.63. The first-order valence-electron chi connectivity index (χ1n) is 3.70. The van der Waals surface area contributed by atoms with Crippen LogP contribution >= 0.6 is 0 Å². The average molecular weight is 193 g/mol. The molecule has 0 radical (unpaired) electrons. The number of carboxylic acid groups (broad SMARTS) is 1. The zero-order valence-corrected chi connectivity index (χ0v) is 7.06. The molecule has 0 fully saturated rings. The van der Waals surface area contributed by atoms with E-state index in [0.29, 0.717) is 0 Å². The molecule has 14 heavy (non-hydrogen) atoms. The van der Waals surface area contributed by atoms with Gasteiger partial charge in [-0.15, -0.1) is 0 Å². The Kier molecular flexibility index (Phi) is 2.62. The first-order chi connectivity index (χ1) is 6.52. The molecule has 0 aromatic heterocycles. The number of nitrogens with two attached hydrogens (primary N) is 1. The van der Waals surface area contributed by atoms with Gasteiger partial charge >= 0.3 is 5.97 Å². The summed E-state index contributed by atoms with van der Waals surface area (Å²) in [6, 6.07) is 5.10. The molecule has 1 aromatic rings. The lowest BCUT2D eigenvalue weighted by atomic mass is 10.1. The number of aliphatic carboxylic acids is 1. The zero-order chi connectivity index (χ0) is 10.7. The summed E-state index contributed by atoms with van der Waals surface area (Å²) in [4.78, 5) is 31.8. The van der Waals surface area contributed by atoms with Crippen LogP contribution < -0.4 is 5.73 Å². The van der Waals surface area contributed by atoms with E-state index < -0.39 is 17.7 Å². The first-order valence-corrected chi connectivity index (χ1v) is 3.70. The Hall–Kier alpha value is -2.17. The van der Waals surface area contributed by atoms with E-state index in [9.17, 15) is 14.4 Å². The van der Waals surface area contributed by atoms with E-state index in [-0.39, 0.29) is 11.1 Å². The molecule has 0 aliphatic rings. The summed E-state index contributed by atoms with van der Waals surface area (Å²) in [5.74, 6) is -3.17. The number of rotatable bonds is 3. The van der Waals surface area contributed by atoms with E-state index in [1.807, 2.05) is 0 Å². The Morgan fingerprint density at radius 1 is 1.00 bits per heavy atom. The van der Waals surface area contributed by atoms with Gasteiger partial charge in [-0.3, -0.25) is 9.59 Å². The molecule has 0 bridgehead atoms. The predicted octanol–water partition coefficient (Wildman–Crippen LogP) is 0.0528. The highest BCUT2D eigenvalue weighted by molar-refractivity contribution is 6.39. The Labute approximate surface area is 79.1 Å². The van der Waals surface area contributed by atoms with Crippen LogP contribution in [0.1, 0.15) is 20.7 Å². The fraction of sp³-hybridized carbons (Fsp3) is 0. The summed E-state index contributed by atoms with van der Waals surface area (Å²) < 4.78 is 0. The van der Waals surface area contributed by atoms with Crippen LogP contribution in [-0.4, -0.2) is 22.8 Å². The maximum atomic E-state index is 10.9. The van der Waals surface area contributed by atoms with Crippen LogP contribution in [0.3, 0.4) is 0 Å². The fourth-order valence-electron chi connectivity index (χ4n) is 0.909. The van der Waals surface area contributed by atoms with E-state index in [2.05, 4.69) is 0 Å². The molecule has 0 spiro atoms. The number of primary amides is 1. The van der Waals surface area contributed by atoms with Crippen LogP contribution in [0.15, 0.2) is 24.3 Å². The maximum absolute atomic E-state index is 10.9. The lowest BCUT2D eigenvalue weighted by molar-refractivity contribution is -0.131. The Morgan fingerprint density at radius 3 is 1.79 bits per heavy atom. The number of carboxylic acids is 1. The molecular formula is C9H7NO4. The summed E-state index contributed by atoms with van der Waals surface area (Å²) in [6.07, 6.45) is 0. The smallest absolute Gasteiger partial charge is 0.377 e. The molecule has 0 unspecified atom stereocenters. The van der Waals surface area contributed by atoms with E-state index in [1.54, 1.807) is 0 Å². The molecule has 0 saturated carbocycles. The molecule has 0 aliphatic carbocycles. The van der Waals surface area contributed by atoms with Crippen molar-refractivity contribution >= 4 is 17.7 Å². The molecule has 0 saturated heterocycles. The van der Waals surface area contributed by atoms with Crippen LogP contribution in [0.5, 0.6) is 0 Å². The van der Waals surface area contributed by atoms with Gasteiger partial charge < -0.3 is 10.8 Å². The van der Waals surface area contributed by atoms with E-state index in [0.717, 1.165) is 0 Å². The van der Waals surface area contributed by atoms with Gasteiger partial charge in [0.1, 0.15) is 0 Å². The van der Waals surface area contributed by atoms with Gasteiger partial charge in [0, 0.05) is 11.1 Å². The average Bonchev–Trinajstić information content (AvgIpc) is 2.16. The zero-order valence-electron chi connectivity index (χ0n) is 7.06. The third-order valence-corrected chi connectivity index (χ3v) is 1.63. The number of hydrogen-bond acceptors (Lipinski definition) is 3. The number of Topliss-reactive ketones (excluding diaryl/α,β-unsaturated/α-hetero) is 1. The molecule has 3 N–H and O–H groups in total. The summed E-state index contributed by atoms with van der Waals surface area (Å²) in [5, 5.41) is 8.37. The maximum Gasteiger partial charge on any atom is 0.377 e. The van der Waals surface area contributed by atoms with Crippen molar-refractivity contribution < 1.29 is 19.5 Å². The molecule has 0 atom stereocenters. The molecule has 1 rings (SSSR count). The quantitative estimate of drug-likeness (QED) is 0.523. The van der Waals surface area contributed by atoms with Gasteiger partial charge in [0.15, 0.2) is 0 Å². The number of benzene rings is 1. The normalized spacial score (nSPS) is 9.43. The largest absolute Gasteiger partial charge is 0.475 e. The molecule has 0 aliphatic heterocycles. The number of carbonyl (C=O) groups is 3. The van der Waals surface area contributed by atoms with Crippen molar-refractivity contribution in [3.63, 3.8) is 0 Å². The predicted molar refractivity (Wildman–Crippen MR) is 46.9 cm³/mol. The third kappa shape index (κ3) is 1.95. The molecule has 5 nitrogen and oxygen atoms in total. The molecule has 1 aromatic carbocycles. The number of carbonyl (C=O) groups excluding carboxylic acids is 2. The van der Waals surface area contributed by atoms with Gasteiger partial charge in [-0.25, -0.2) is 4.79 Å². The topological polar surface area (TPSA) is 97.5 Å². The van der Waals surface area contributed by atoms with E-state index in [1.165, 1.54) is 24.3 Å². The van der Waals surface area contributed by atoms with Crippen LogP contribution in [0.2, 0.25) is 0 Å². The van der Waals surface area contributed by atoms with Gasteiger partial charge in [-0.1, -0.05) is 0 Å². The highest BCUT2D eigenvalue weighted by atomic mass is 16.4. The van der Waals surface area contributed by atoms with Gasteiger partial charge in [-0.05, 0) is 24.3 Å². The SMILES string of the molecule is NC(=O)c1ccc(C(=O)C(=O)O)cc1. The van der Waals surface area contributed by atoms with Crippen LogP contribution in [0.25, 0.3) is 0 Å². The van der Waals surface area contributed by atoms with Crippen LogP contribution in [-0.2, 0) is 4.79 Å². The van der Waals surface area contributed by atoms with E-state index in [4.69, 9.17) is 10.8 Å². The van der Waals surface area contributed by atoms with Crippen molar-refractivity contribution in [2.45, 2.75) is 0 Å². The lowest BCUT2D eigenvalue weighted by Gasteiger charge is -1.97.